The van der Waals surface area contributed by atoms with Crippen molar-refractivity contribution in [2.75, 3.05) is 43.5 Å². The van der Waals surface area contributed by atoms with Crippen LogP contribution in [-0.4, -0.2) is 66.7 Å². The van der Waals surface area contributed by atoms with Crippen molar-refractivity contribution in [3.8, 4) is 5.75 Å². The second kappa shape index (κ2) is 14.9. The Morgan fingerprint density at radius 2 is 1.79 bits per heavy atom. The molecule has 3 N–H and O–H groups in total. The van der Waals surface area contributed by atoms with Crippen LogP contribution in [-0.2, 0) is 11.3 Å². The van der Waals surface area contributed by atoms with Gasteiger partial charge < -0.3 is 30.3 Å². The second-order valence-electron chi connectivity index (χ2n) is 12.6. The SMILES string of the molecule is C=Cc1c(/C=C(\C)c2c(F)cc(CNC(C)C)cc2F)c(NC(=O)c2ccc(N3CCNCC3)cc2OC)nn1C(=O)OC(C)(C)C. The fourth-order valence-corrected chi connectivity index (χ4v) is 5.20. The van der Waals surface area contributed by atoms with Crippen molar-refractivity contribution >= 4 is 41.2 Å². The Hall–Kier alpha value is -4.55. The topological polar surface area (TPSA) is 110 Å². The van der Waals surface area contributed by atoms with Gasteiger partial charge in [0.05, 0.1) is 18.4 Å². The lowest BCUT2D eigenvalue weighted by Gasteiger charge is -2.29. The normalized spacial score (nSPS) is 13.9. The molecule has 0 saturated carbocycles. The number of methoxy groups -OCH3 is 1. The Bertz CT molecular complexity index is 1650. The van der Waals surface area contributed by atoms with E-state index in [-0.39, 0.29) is 39.8 Å². The van der Waals surface area contributed by atoms with Crippen LogP contribution >= 0.6 is 0 Å². The van der Waals surface area contributed by atoms with Crippen LogP contribution < -0.4 is 25.6 Å². The summed E-state index contributed by atoms with van der Waals surface area (Å²) >= 11 is 0. The van der Waals surface area contributed by atoms with Crippen LogP contribution in [0, 0.1) is 11.6 Å². The number of halogens is 2. The van der Waals surface area contributed by atoms with Crippen LogP contribution in [0.2, 0.25) is 0 Å². The lowest BCUT2D eigenvalue weighted by molar-refractivity contribution is 0.0513. The number of hydrogen-bond acceptors (Lipinski definition) is 8. The number of nitrogens with zero attached hydrogens (tertiary/aromatic N) is 3. The average molecular weight is 651 g/mol. The Balaban J connectivity index is 1.76. The third-order valence-corrected chi connectivity index (χ3v) is 7.43. The summed E-state index contributed by atoms with van der Waals surface area (Å²) in [4.78, 5) is 29.1. The number of ether oxygens (including phenoxy) is 2. The molecule has 0 spiro atoms. The van der Waals surface area contributed by atoms with Crippen LogP contribution in [0.15, 0.2) is 36.9 Å². The fraction of sp³-hybridized carbons (Fsp3) is 0.400. The Kier molecular flexibility index (Phi) is 11.2. The Morgan fingerprint density at radius 3 is 2.36 bits per heavy atom. The van der Waals surface area contributed by atoms with E-state index in [0.29, 0.717) is 17.9 Å². The minimum atomic E-state index is -0.852. The summed E-state index contributed by atoms with van der Waals surface area (Å²) in [5, 5.41) is 13.6. The number of nitrogens with one attached hydrogen (secondary N) is 3. The predicted octanol–water partition coefficient (Wildman–Crippen LogP) is 6.32. The molecule has 0 bridgehead atoms. The zero-order valence-corrected chi connectivity index (χ0v) is 28.1. The van der Waals surface area contributed by atoms with Crippen LogP contribution in [0.3, 0.4) is 0 Å². The molecule has 1 aliphatic rings. The molecule has 0 atom stereocenters. The van der Waals surface area contributed by atoms with Crippen LogP contribution in [0.1, 0.15) is 74.3 Å². The predicted molar refractivity (Wildman–Crippen MR) is 182 cm³/mol. The summed E-state index contributed by atoms with van der Waals surface area (Å²) < 4.78 is 42.8. The molecule has 1 fully saturated rings. The minimum absolute atomic E-state index is 0.0399. The average Bonchev–Trinajstić information content (AvgIpc) is 3.35. The molecule has 1 amide bonds. The van der Waals surface area contributed by atoms with Gasteiger partial charge in [-0.05, 0) is 75.2 Å². The molecular formula is C35H44F2N6O4. The number of amides is 1. The Morgan fingerprint density at radius 1 is 1.13 bits per heavy atom. The summed E-state index contributed by atoms with van der Waals surface area (Å²) in [6.45, 7) is 18.0. The number of aromatic nitrogens is 2. The summed E-state index contributed by atoms with van der Waals surface area (Å²) in [7, 11) is 1.48. The molecule has 3 aromatic rings. The van der Waals surface area contributed by atoms with E-state index in [9.17, 15) is 9.59 Å². The second-order valence-corrected chi connectivity index (χ2v) is 12.6. The van der Waals surface area contributed by atoms with E-state index in [2.05, 4.69) is 32.5 Å². The van der Waals surface area contributed by atoms with Crippen LogP contribution in [0.25, 0.3) is 17.7 Å². The number of piperazine rings is 1. The third kappa shape index (κ3) is 8.63. The van der Waals surface area contributed by atoms with E-state index in [1.807, 2.05) is 19.9 Å². The van der Waals surface area contributed by atoms with Gasteiger partial charge in [-0.25, -0.2) is 13.6 Å². The molecule has 0 radical (unpaired) electrons. The first-order valence-corrected chi connectivity index (χ1v) is 15.6. The van der Waals surface area contributed by atoms with Crippen molar-refractivity contribution in [1.29, 1.82) is 0 Å². The van der Waals surface area contributed by atoms with Crippen molar-refractivity contribution in [2.45, 2.75) is 59.7 Å². The molecule has 12 heteroatoms. The monoisotopic (exact) mass is 650 g/mol. The van der Waals surface area contributed by atoms with Crippen molar-refractivity contribution in [3.63, 3.8) is 0 Å². The van der Waals surface area contributed by atoms with Gasteiger partial charge in [-0.1, -0.05) is 20.4 Å². The third-order valence-electron chi connectivity index (χ3n) is 7.43. The highest BCUT2D eigenvalue weighted by molar-refractivity contribution is 6.07. The molecule has 1 aromatic heterocycles. The van der Waals surface area contributed by atoms with Gasteiger partial charge in [0.25, 0.3) is 5.91 Å². The number of hydrogen-bond donors (Lipinski definition) is 3. The molecule has 4 rings (SSSR count). The molecule has 1 saturated heterocycles. The minimum Gasteiger partial charge on any atom is -0.496 e. The van der Waals surface area contributed by atoms with Crippen molar-refractivity contribution < 1.29 is 27.8 Å². The lowest BCUT2D eigenvalue weighted by Crippen LogP contribution is -2.43. The largest absolute Gasteiger partial charge is 0.496 e. The van der Waals surface area contributed by atoms with Gasteiger partial charge in [-0.15, -0.1) is 5.10 Å². The van der Waals surface area contributed by atoms with Gasteiger partial charge in [-0.3, -0.25) is 4.79 Å². The zero-order valence-electron chi connectivity index (χ0n) is 28.1. The maximum Gasteiger partial charge on any atom is 0.435 e. The summed E-state index contributed by atoms with van der Waals surface area (Å²) in [6.07, 6.45) is 2.00. The highest BCUT2D eigenvalue weighted by Crippen LogP contribution is 2.32. The molecule has 252 valence electrons. The highest BCUT2D eigenvalue weighted by Gasteiger charge is 2.27. The summed E-state index contributed by atoms with van der Waals surface area (Å²) in [6, 6.07) is 8.00. The van der Waals surface area contributed by atoms with Crippen molar-refractivity contribution in [1.82, 2.24) is 20.4 Å². The lowest BCUT2D eigenvalue weighted by atomic mass is 10.0. The molecule has 2 heterocycles. The number of benzene rings is 2. The zero-order chi connectivity index (χ0) is 34.5. The van der Waals surface area contributed by atoms with Gasteiger partial charge in [-0.2, -0.15) is 4.68 Å². The molecule has 10 nitrogen and oxygen atoms in total. The van der Waals surface area contributed by atoms with E-state index in [1.165, 1.54) is 38.3 Å². The summed E-state index contributed by atoms with van der Waals surface area (Å²) in [5.41, 5.74) is 1.06. The van der Waals surface area contributed by atoms with Gasteiger partial charge in [0.2, 0.25) is 0 Å². The standard InChI is InChI=1S/C35H44F2N6O4/c1-9-29-26(16-22(4)31-27(36)17-23(18-28(31)37)20-39-21(2)3)32(41-43(29)34(45)47-35(5,6)7)40-33(44)25-11-10-24(19-30(25)46-8)42-14-12-38-13-15-42/h9-11,16-19,21,38-39H,1,12-15,20H2,2-8H3,(H,40,41,44)/b22-16+. The summed E-state index contributed by atoms with van der Waals surface area (Å²) in [5.74, 6) is -1.76. The van der Waals surface area contributed by atoms with Crippen molar-refractivity contribution in [3.05, 3.63) is 76.5 Å². The maximum atomic E-state index is 15.4. The molecular weight excluding hydrogens is 606 g/mol. The van der Waals surface area contributed by atoms with Crippen LogP contribution in [0.4, 0.5) is 25.1 Å². The Labute approximate surface area is 274 Å². The van der Waals surface area contributed by atoms with Gasteiger partial charge in [0.1, 0.15) is 23.0 Å². The maximum absolute atomic E-state index is 15.4. The number of carbonyl (C=O) groups excluding carboxylic acids is 2. The van der Waals surface area contributed by atoms with E-state index < -0.39 is 29.2 Å². The highest BCUT2D eigenvalue weighted by atomic mass is 19.1. The number of carbonyl (C=O) groups is 2. The molecule has 2 aromatic carbocycles. The van der Waals surface area contributed by atoms with Crippen molar-refractivity contribution in [2.24, 2.45) is 0 Å². The number of allylic oxidation sites excluding steroid dienone is 1. The number of rotatable bonds is 10. The van der Waals surface area contributed by atoms with Gasteiger partial charge in [0.15, 0.2) is 5.82 Å². The molecule has 0 aliphatic carbocycles. The quantitative estimate of drug-likeness (QED) is 0.234. The molecule has 0 unspecified atom stereocenters. The van der Waals surface area contributed by atoms with Gasteiger partial charge >= 0.3 is 6.09 Å². The van der Waals surface area contributed by atoms with E-state index in [1.54, 1.807) is 32.9 Å². The van der Waals surface area contributed by atoms with Gasteiger partial charge in [0, 0.05) is 61.6 Å². The fourth-order valence-electron chi connectivity index (χ4n) is 5.20. The van der Waals surface area contributed by atoms with E-state index >= 15 is 8.78 Å². The van der Waals surface area contributed by atoms with E-state index in [0.717, 1.165) is 36.5 Å². The molecule has 1 aliphatic heterocycles. The first-order valence-electron chi connectivity index (χ1n) is 15.6. The number of anilines is 2. The molecule has 47 heavy (non-hydrogen) atoms. The van der Waals surface area contributed by atoms with E-state index in [4.69, 9.17) is 9.47 Å². The van der Waals surface area contributed by atoms with Crippen LogP contribution in [0.5, 0.6) is 5.75 Å². The first-order chi connectivity index (χ1) is 22.2. The smallest absolute Gasteiger partial charge is 0.435 e. The first kappa shape index (κ1) is 35.3.